The summed E-state index contributed by atoms with van der Waals surface area (Å²) < 4.78 is 10.00. The van der Waals surface area contributed by atoms with Gasteiger partial charge in [0.2, 0.25) is 0 Å². The zero-order valence-electron chi connectivity index (χ0n) is 9.66. The molecule has 4 nitrogen and oxygen atoms in total. The number of hydrogen-bond acceptors (Lipinski definition) is 3. The summed E-state index contributed by atoms with van der Waals surface area (Å²) in [5, 5.41) is 3.06. The molecule has 0 saturated carbocycles. The molecule has 0 aliphatic heterocycles. The Morgan fingerprint density at radius 1 is 1.40 bits per heavy atom. The summed E-state index contributed by atoms with van der Waals surface area (Å²) >= 11 is 5.27. The molecule has 0 spiro atoms. The smallest absolute Gasteiger partial charge is 0.275 e. The van der Waals surface area contributed by atoms with Crippen LogP contribution in [0.4, 0.5) is 0 Å². The van der Waals surface area contributed by atoms with Crippen molar-refractivity contribution in [3.8, 4) is 6.07 Å². The van der Waals surface area contributed by atoms with Crippen LogP contribution in [0.2, 0.25) is 0 Å². The molecule has 1 N–H and O–H groups in total. The van der Waals surface area contributed by atoms with E-state index in [-0.39, 0.29) is 12.1 Å². The van der Waals surface area contributed by atoms with Gasteiger partial charge in [-0.2, -0.15) is 0 Å². The molecule has 0 aliphatic carbocycles. The maximum Gasteiger partial charge on any atom is 0.275 e. The Bertz CT molecular complexity index is 216. The molecule has 15 heavy (non-hydrogen) atoms. The minimum Gasteiger partial charge on any atom is -0.320 e. The molecular weight excluding hydrogens is 235 g/mol. The van der Waals surface area contributed by atoms with Crippen molar-refractivity contribution in [3.63, 3.8) is 0 Å². The van der Waals surface area contributed by atoms with Crippen molar-refractivity contribution < 1.29 is 8.60 Å². The first-order valence-electron chi connectivity index (χ1n) is 4.97. The summed E-state index contributed by atoms with van der Waals surface area (Å²) in [6.07, 6.45) is 0.650. The van der Waals surface area contributed by atoms with Gasteiger partial charge in [-0.3, -0.25) is 0 Å². The van der Waals surface area contributed by atoms with E-state index >= 15 is 0 Å². The van der Waals surface area contributed by atoms with Crippen LogP contribution in [0.15, 0.2) is 0 Å². The number of halogens is 1. The summed E-state index contributed by atoms with van der Waals surface area (Å²) in [6, 6.07) is 3.46. The maximum absolute atomic E-state index is 5.36. The fraction of sp³-hybridized carbons (Fsp3) is 0.889. The Hall–Kier alpha value is 0.0900. The molecule has 0 aromatic carbocycles. The minimum absolute atomic E-state index is 0.281. The standard InChI is InChI=1S/C9H19ClN2O2P/c1-8(2)11-6-5-7-13-15(14-10)12-9(3)4/h8-9,12H,5,7H2,1-4H3/q+1. The van der Waals surface area contributed by atoms with E-state index in [2.05, 4.69) is 20.1 Å². The molecular formula is C9H19ClN2O2P+. The molecule has 1 atom stereocenters. The van der Waals surface area contributed by atoms with E-state index in [9.17, 15) is 0 Å². The Kier molecular flexibility index (Phi) is 9.38. The Balaban J connectivity index is 3.60. The molecule has 88 valence electrons. The van der Waals surface area contributed by atoms with Crippen molar-refractivity contribution in [2.75, 3.05) is 6.61 Å². The van der Waals surface area contributed by atoms with Crippen LogP contribution in [0.3, 0.4) is 0 Å². The molecule has 0 fully saturated rings. The largest absolute Gasteiger partial charge is 0.320 e. The van der Waals surface area contributed by atoms with Crippen LogP contribution < -0.4 is 5.09 Å². The van der Waals surface area contributed by atoms with Gasteiger partial charge in [-0.1, -0.05) is 4.85 Å². The molecule has 0 amide bonds. The van der Waals surface area contributed by atoms with Crippen molar-refractivity contribution >= 4 is 20.4 Å². The second-order valence-electron chi connectivity index (χ2n) is 3.57. The summed E-state index contributed by atoms with van der Waals surface area (Å²) in [5.74, 6) is 0. The van der Waals surface area contributed by atoms with Crippen molar-refractivity contribution in [3.05, 3.63) is 4.85 Å². The average Bonchev–Trinajstić information content (AvgIpc) is 2.14. The third kappa shape index (κ3) is 10.4. The first kappa shape index (κ1) is 15.1. The van der Waals surface area contributed by atoms with Crippen LogP contribution in [0.25, 0.3) is 4.85 Å². The van der Waals surface area contributed by atoms with Gasteiger partial charge in [-0.15, -0.1) is 0 Å². The lowest BCUT2D eigenvalue weighted by atomic mass is 10.4. The van der Waals surface area contributed by atoms with Crippen LogP contribution in [0, 0.1) is 6.07 Å². The van der Waals surface area contributed by atoms with E-state index in [1.165, 1.54) is 0 Å². The number of nitrogens with one attached hydrogen (secondary N) is 1. The highest BCUT2D eigenvalue weighted by atomic mass is 35.5. The minimum atomic E-state index is -1.20. The molecule has 0 aromatic rings. The highest BCUT2D eigenvalue weighted by Gasteiger charge is 2.11. The summed E-state index contributed by atoms with van der Waals surface area (Å²) in [6.45, 7) is 8.52. The summed E-state index contributed by atoms with van der Waals surface area (Å²) in [4.78, 5) is 4.09. The zero-order valence-corrected chi connectivity index (χ0v) is 11.3. The van der Waals surface area contributed by atoms with E-state index in [1.54, 1.807) is 0 Å². The zero-order chi connectivity index (χ0) is 11.7. The van der Waals surface area contributed by atoms with Gasteiger partial charge in [0.15, 0.2) is 0 Å². The van der Waals surface area contributed by atoms with Crippen molar-refractivity contribution in [2.45, 2.75) is 46.2 Å². The third-order valence-corrected chi connectivity index (χ3v) is 2.84. The van der Waals surface area contributed by atoms with Gasteiger partial charge in [-0.25, -0.2) is 9.16 Å². The molecule has 0 saturated heterocycles. The SMILES string of the molecule is CC(C)[N+]#CCCOP(NC(C)C)OCl. The van der Waals surface area contributed by atoms with Gasteiger partial charge in [0.05, 0.1) is 18.5 Å². The molecule has 1 unspecified atom stereocenters. The van der Waals surface area contributed by atoms with Gasteiger partial charge in [-0.05, 0) is 13.8 Å². The van der Waals surface area contributed by atoms with Gasteiger partial charge in [0.1, 0.15) is 6.42 Å². The number of nitrogens with zero attached hydrogens (tertiary/aromatic N) is 1. The molecule has 0 heterocycles. The summed E-state index contributed by atoms with van der Waals surface area (Å²) in [7, 11) is -1.20. The van der Waals surface area contributed by atoms with Crippen molar-refractivity contribution in [1.29, 1.82) is 0 Å². The van der Waals surface area contributed by atoms with Crippen molar-refractivity contribution in [1.82, 2.24) is 5.09 Å². The number of hydrogen-bond donors (Lipinski definition) is 1. The van der Waals surface area contributed by atoms with Crippen LogP contribution >= 0.6 is 20.4 Å². The second kappa shape index (κ2) is 9.33. The predicted octanol–water partition coefficient (Wildman–Crippen LogP) is 3.53. The van der Waals surface area contributed by atoms with E-state index < -0.39 is 8.53 Å². The quantitative estimate of drug-likeness (QED) is 0.581. The Morgan fingerprint density at radius 2 is 2.07 bits per heavy atom. The normalized spacial score (nSPS) is 12.7. The maximum atomic E-state index is 5.36. The predicted molar refractivity (Wildman–Crippen MR) is 65.1 cm³/mol. The first-order valence-corrected chi connectivity index (χ1v) is 6.45. The third-order valence-electron chi connectivity index (χ3n) is 1.20. The van der Waals surface area contributed by atoms with Gasteiger partial charge < -0.3 is 4.52 Å². The molecule has 0 rings (SSSR count). The van der Waals surface area contributed by atoms with E-state index in [0.29, 0.717) is 13.0 Å². The fourth-order valence-corrected chi connectivity index (χ4v) is 1.78. The molecule has 6 heteroatoms. The molecule has 0 bridgehead atoms. The van der Waals surface area contributed by atoms with Gasteiger partial charge >= 0.3 is 0 Å². The van der Waals surface area contributed by atoms with Crippen molar-refractivity contribution in [2.24, 2.45) is 0 Å². The van der Waals surface area contributed by atoms with E-state index in [0.717, 1.165) is 0 Å². The second-order valence-corrected chi connectivity index (χ2v) is 5.16. The monoisotopic (exact) mass is 253 g/mol. The molecule has 0 radical (unpaired) electrons. The Morgan fingerprint density at radius 3 is 2.53 bits per heavy atom. The van der Waals surface area contributed by atoms with Crippen LogP contribution in [0.5, 0.6) is 0 Å². The van der Waals surface area contributed by atoms with E-state index in [4.69, 9.17) is 16.4 Å². The van der Waals surface area contributed by atoms with Gasteiger partial charge in [0.25, 0.3) is 20.6 Å². The van der Waals surface area contributed by atoms with Crippen LogP contribution in [0.1, 0.15) is 34.1 Å². The highest BCUT2D eigenvalue weighted by Crippen LogP contribution is 2.35. The lowest BCUT2D eigenvalue weighted by Crippen LogP contribution is -2.18. The molecule has 0 aromatic heterocycles. The average molecular weight is 254 g/mol. The summed E-state index contributed by atoms with van der Waals surface area (Å²) in [5.41, 5.74) is 0. The Labute approximate surface area is 98.2 Å². The van der Waals surface area contributed by atoms with Gasteiger partial charge in [0, 0.05) is 19.9 Å². The number of rotatable bonds is 6. The topological polar surface area (TPSA) is 34.8 Å². The highest BCUT2D eigenvalue weighted by molar-refractivity contribution is 7.46. The van der Waals surface area contributed by atoms with Crippen LogP contribution in [-0.4, -0.2) is 18.7 Å². The van der Waals surface area contributed by atoms with Crippen LogP contribution in [-0.2, 0) is 8.60 Å². The van der Waals surface area contributed by atoms with E-state index in [1.807, 2.05) is 27.7 Å². The molecule has 0 aliphatic rings. The lowest BCUT2D eigenvalue weighted by molar-refractivity contribution is 0.317. The first-order chi connectivity index (χ1) is 7.06. The lowest BCUT2D eigenvalue weighted by Gasteiger charge is -2.15. The fourth-order valence-electron chi connectivity index (χ4n) is 0.709.